The number of aryl methyl sites for hydroxylation is 1. The highest BCUT2D eigenvalue weighted by Crippen LogP contribution is 2.25. The Bertz CT molecular complexity index is 1010. The van der Waals surface area contributed by atoms with Crippen molar-refractivity contribution in [2.24, 2.45) is 0 Å². The zero-order valence-electron chi connectivity index (χ0n) is 14.1. The molecule has 26 heavy (non-hydrogen) atoms. The lowest BCUT2D eigenvalue weighted by Crippen LogP contribution is -2.12. The van der Waals surface area contributed by atoms with Crippen LogP contribution < -0.4 is 10.4 Å². The number of halogens is 2. The van der Waals surface area contributed by atoms with Crippen molar-refractivity contribution >= 4 is 28.5 Å². The summed E-state index contributed by atoms with van der Waals surface area (Å²) in [6.07, 6.45) is 1.33. The summed E-state index contributed by atoms with van der Waals surface area (Å²) < 4.78 is 24.2. The van der Waals surface area contributed by atoms with Gasteiger partial charge in [0.15, 0.2) is 0 Å². The Morgan fingerprint density at radius 1 is 1.23 bits per heavy atom. The molecule has 3 aromatic rings. The van der Waals surface area contributed by atoms with Crippen LogP contribution in [0.15, 0.2) is 51.7 Å². The van der Waals surface area contributed by atoms with E-state index in [-0.39, 0.29) is 22.8 Å². The lowest BCUT2D eigenvalue weighted by Gasteiger charge is -2.08. The Morgan fingerprint density at radius 2 is 2.04 bits per heavy atom. The first-order valence-corrected chi connectivity index (χ1v) is 8.56. The standard InChI is InChI=1S/C20H16ClFO4/c1-2-4-12-9-19(23)26-18-10-13(7-8-14(12)18)25-20(24)11-15-16(21)5-3-6-17(15)22/h3,5-10H,2,4,11H2,1H3. The summed E-state index contributed by atoms with van der Waals surface area (Å²) in [6.45, 7) is 2.02. The van der Waals surface area contributed by atoms with Crippen molar-refractivity contribution < 1.29 is 18.3 Å². The Morgan fingerprint density at radius 3 is 2.77 bits per heavy atom. The van der Waals surface area contributed by atoms with Gasteiger partial charge in [0, 0.05) is 28.1 Å². The van der Waals surface area contributed by atoms with E-state index in [0.29, 0.717) is 5.58 Å². The quantitative estimate of drug-likeness (QED) is 0.369. The molecule has 0 N–H and O–H groups in total. The molecule has 4 nitrogen and oxygen atoms in total. The highest BCUT2D eigenvalue weighted by Gasteiger charge is 2.14. The molecule has 0 atom stereocenters. The fraction of sp³-hybridized carbons (Fsp3) is 0.200. The van der Waals surface area contributed by atoms with Gasteiger partial charge in [-0.25, -0.2) is 9.18 Å². The molecular formula is C20H16ClFO4. The molecule has 0 aliphatic heterocycles. The molecule has 0 spiro atoms. The fourth-order valence-electron chi connectivity index (χ4n) is 2.76. The monoisotopic (exact) mass is 374 g/mol. The summed E-state index contributed by atoms with van der Waals surface area (Å²) in [5, 5.41) is 0.957. The van der Waals surface area contributed by atoms with Crippen molar-refractivity contribution in [3.63, 3.8) is 0 Å². The summed E-state index contributed by atoms with van der Waals surface area (Å²) in [5.41, 5.74) is 0.851. The largest absolute Gasteiger partial charge is 0.426 e. The number of rotatable bonds is 5. The molecule has 0 unspecified atom stereocenters. The summed E-state index contributed by atoms with van der Waals surface area (Å²) >= 11 is 5.92. The van der Waals surface area contributed by atoms with Crippen molar-refractivity contribution in [2.45, 2.75) is 26.2 Å². The van der Waals surface area contributed by atoms with Crippen molar-refractivity contribution in [1.82, 2.24) is 0 Å². The fourth-order valence-corrected chi connectivity index (χ4v) is 2.99. The molecule has 0 amide bonds. The van der Waals surface area contributed by atoms with Crippen LogP contribution in [0.2, 0.25) is 5.02 Å². The number of esters is 1. The van der Waals surface area contributed by atoms with Gasteiger partial charge in [0.2, 0.25) is 0 Å². The van der Waals surface area contributed by atoms with Crippen LogP contribution in [0.5, 0.6) is 5.75 Å². The summed E-state index contributed by atoms with van der Waals surface area (Å²) in [4.78, 5) is 23.8. The van der Waals surface area contributed by atoms with Crippen molar-refractivity contribution in [1.29, 1.82) is 0 Å². The van der Waals surface area contributed by atoms with E-state index in [0.717, 1.165) is 23.8 Å². The number of carbonyl (C=O) groups excluding carboxylic acids is 1. The Labute approximate surface area is 154 Å². The molecule has 0 saturated carbocycles. The molecule has 0 aliphatic rings. The van der Waals surface area contributed by atoms with E-state index in [1.807, 2.05) is 6.92 Å². The van der Waals surface area contributed by atoms with E-state index in [1.54, 1.807) is 12.1 Å². The third-order valence-corrected chi connectivity index (χ3v) is 4.29. The highest BCUT2D eigenvalue weighted by atomic mass is 35.5. The lowest BCUT2D eigenvalue weighted by molar-refractivity contribution is -0.133. The second-order valence-corrected chi connectivity index (χ2v) is 6.26. The first-order valence-electron chi connectivity index (χ1n) is 8.18. The lowest BCUT2D eigenvalue weighted by atomic mass is 10.1. The molecule has 134 valence electrons. The number of ether oxygens (including phenoxy) is 1. The molecule has 1 heterocycles. The molecule has 1 aromatic heterocycles. The highest BCUT2D eigenvalue weighted by molar-refractivity contribution is 6.31. The van der Waals surface area contributed by atoms with Crippen LogP contribution in [-0.2, 0) is 17.6 Å². The Balaban J connectivity index is 1.85. The number of hydrogen-bond acceptors (Lipinski definition) is 4. The van der Waals surface area contributed by atoms with E-state index < -0.39 is 17.4 Å². The molecule has 0 aliphatic carbocycles. The molecule has 6 heteroatoms. The summed E-state index contributed by atoms with van der Waals surface area (Å²) in [6, 6.07) is 10.5. The van der Waals surface area contributed by atoms with Crippen LogP contribution in [-0.4, -0.2) is 5.97 Å². The average molecular weight is 375 g/mol. The number of benzene rings is 2. The Kier molecular flexibility index (Phi) is 5.38. The van der Waals surface area contributed by atoms with Crippen molar-refractivity contribution in [3.05, 3.63) is 74.9 Å². The molecule has 0 bridgehead atoms. The van der Waals surface area contributed by atoms with Crippen LogP contribution in [0.25, 0.3) is 11.0 Å². The minimum atomic E-state index is -0.664. The van der Waals surface area contributed by atoms with Gasteiger partial charge in [0.1, 0.15) is 17.1 Å². The van der Waals surface area contributed by atoms with E-state index in [2.05, 4.69) is 0 Å². The third kappa shape index (κ3) is 3.94. The summed E-state index contributed by atoms with van der Waals surface area (Å²) in [5.74, 6) is -1.02. The molecule has 0 saturated heterocycles. The predicted octanol–water partition coefficient (Wildman–Crippen LogP) is 4.69. The van der Waals surface area contributed by atoms with E-state index >= 15 is 0 Å². The Hall–Kier alpha value is -2.66. The number of fused-ring (bicyclic) bond motifs is 1. The average Bonchev–Trinajstić information content (AvgIpc) is 2.58. The van der Waals surface area contributed by atoms with Crippen LogP contribution >= 0.6 is 11.6 Å². The zero-order valence-corrected chi connectivity index (χ0v) is 14.8. The maximum atomic E-state index is 13.8. The van der Waals surface area contributed by atoms with Crippen LogP contribution in [0.4, 0.5) is 4.39 Å². The molecule has 0 radical (unpaired) electrons. The summed E-state index contributed by atoms with van der Waals surface area (Å²) in [7, 11) is 0. The van der Waals surface area contributed by atoms with Crippen molar-refractivity contribution in [2.75, 3.05) is 0 Å². The maximum absolute atomic E-state index is 13.8. The number of hydrogen-bond donors (Lipinski definition) is 0. The zero-order chi connectivity index (χ0) is 18.7. The van der Waals surface area contributed by atoms with E-state index in [9.17, 15) is 14.0 Å². The van der Waals surface area contributed by atoms with Gasteiger partial charge in [0.05, 0.1) is 6.42 Å². The van der Waals surface area contributed by atoms with Gasteiger partial charge >= 0.3 is 11.6 Å². The first kappa shape index (κ1) is 18.1. The maximum Gasteiger partial charge on any atom is 0.336 e. The molecular weight excluding hydrogens is 359 g/mol. The van der Waals surface area contributed by atoms with Gasteiger partial charge in [-0.05, 0) is 36.2 Å². The second kappa shape index (κ2) is 7.70. The van der Waals surface area contributed by atoms with Gasteiger partial charge in [-0.1, -0.05) is 31.0 Å². The smallest absolute Gasteiger partial charge is 0.336 e. The minimum Gasteiger partial charge on any atom is -0.426 e. The third-order valence-electron chi connectivity index (χ3n) is 3.94. The van der Waals surface area contributed by atoms with Crippen LogP contribution in [0, 0.1) is 5.82 Å². The van der Waals surface area contributed by atoms with Gasteiger partial charge in [0.25, 0.3) is 0 Å². The van der Waals surface area contributed by atoms with Gasteiger partial charge in [-0.2, -0.15) is 0 Å². The molecule has 2 aromatic carbocycles. The predicted molar refractivity (Wildman–Crippen MR) is 97.2 cm³/mol. The van der Waals surface area contributed by atoms with Crippen molar-refractivity contribution in [3.8, 4) is 5.75 Å². The normalized spacial score (nSPS) is 10.9. The second-order valence-electron chi connectivity index (χ2n) is 5.85. The van der Waals surface area contributed by atoms with E-state index in [1.165, 1.54) is 30.3 Å². The minimum absolute atomic E-state index is 0.0803. The molecule has 3 rings (SSSR count). The van der Waals surface area contributed by atoms with Crippen LogP contribution in [0.1, 0.15) is 24.5 Å². The van der Waals surface area contributed by atoms with Gasteiger partial charge < -0.3 is 9.15 Å². The van der Waals surface area contributed by atoms with E-state index in [4.69, 9.17) is 20.8 Å². The van der Waals surface area contributed by atoms with Gasteiger partial charge in [-0.15, -0.1) is 0 Å². The first-order chi connectivity index (χ1) is 12.5. The van der Waals surface area contributed by atoms with Gasteiger partial charge in [-0.3, -0.25) is 4.79 Å². The topological polar surface area (TPSA) is 56.5 Å². The number of carbonyl (C=O) groups is 1. The SMILES string of the molecule is CCCc1cc(=O)oc2cc(OC(=O)Cc3c(F)cccc3Cl)ccc12. The van der Waals surface area contributed by atoms with Crippen LogP contribution in [0.3, 0.4) is 0 Å². The molecule has 0 fully saturated rings.